The Kier molecular flexibility index (Phi) is 3.59. The Morgan fingerprint density at radius 2 is 2.06 bits per heavy atom. The van der Waals surface area contributed by atoms with Crippen LogP contribution in [0, 0.1) is 0 Å². The van der Waals surface area contributed by atoms with Crippen LogP contribution in [0.25, 0.3) is 6.08 Å². The molecule has 1 aromatic carbocycles. The molecule has 1 saturated heterocycles. The third kappa shape index (κ3) is 2.56. The molecule has 1 aliphatic heterocycles. The summed E-state index contributed by atoms with van der Waals surface area (Å²) in [5.41, 5.74) is 1.49. The van der Waals surface area contributed by atoms with E-state index in [4.69, 9.17) is 12.2 Å². The first-order valence-electron chi connectivity index (χ1n) is 5.22. The van der Waals surface area contributed by atoms with Crippen LogP contribution >= 0.6 is 28.1 Å². The van der Waals surface area contributed by atoms with Crippen molar-refractivity contribution >= 4 is 45.2 Å². The van der Waals surface area contributed by atoms with Gasteiger partial charge in [-0.2, -0.15) is 0 Å². The second kappa shape index (κ2) is 4.98. The van der Waals surface area contributed by atoms with Crippen LogP contribution in [0.4, 0.5) is 0 Å². The van der Waals surface area contributed by atoms with Crippen LogP contribution in [-0.4, -0.2) is 22.5 Å². The smallest absolute Gasteiger partial charge is 0.276 e. The molecule has 1 heterocycles. The zero-order valence-corrected chi connectivity index (χ0v) is 11.6. The fourth-order valence-electron chi connectivity index (χ4n) is 1.58. The molecule has 3 nitrogen and oxygen atoms in total. The molecule has 1 N–H and O–H groups in total. The van der Waals surface area contributed by atoms with Gasteiger partial charge in [-0.15, -0.1) is 0 Å². The monoisotopic (exact) mass is 310 g/mol. The number of hydrogen-bond acceptors (Lipinski definition) is 2. The average molecular weight is 311 g/mol. The molecule has 1 aromatic rings. The number of nitrogens with zero attached hydrogens (tertiary/aromatic N) is 1. The highest BCUT2D eigenvalue weighted by Gasteiger charge is 2.28. The number of carbonyl (C=O) groups is 1. The summed E-state index contributed by atoms with van der Waals surface area (Å²) in [7, 11) is 0. The summed E-state index contributed by atoms with van der Waals surface area (Å²) in [6, 6.07) is 7.73. The van der Waals surface area contributed by atoms with Crippen molar-refractivity contribution in [1.82, 2.24) is 10.2 Å². The van der Waals surface area contributed by atoms with Gasteiger partial charge in [0.05, 0.1) is 0 Å². The third-order valence-electron chi connectivity index (χ3n) is 2.46. The average Bonchev–Trinajstić information content (AvgIpc) is 2.57. The number of hydrogen-bond donors (Lipinski definition) is 1. The lowest BCUT2D eigenvalue weighted by Crippen LogP contribution is -2.30. The van der Waals surface area contributed by atoms with Gasteiger partial charge < -0.3 is 5.32 Å². The maximum atomic E-state index is 11.9. The molecule has 0 unspecified atom stereocenters. The van der Waals surface area contributed by atoms with Crippen LogP contribution in [0.1, 0.15) is 12.5 Å². The summed E-state index contributed by atoms with van der Waals surface area (Å²) in [5.74, 6) is -0.0691. The number of amides is 1. The zero-order valence-electron chi connectivity index (χ0n) is 9.24. The highest BCUT2D eigenvalue weighted by atomic mass is 79.9. The van der Waals surface area contributed by atoms with Crippen LogP contribution in [0.15, 0.2) is 34.4 Å². The van der Waals surface area contributed by atoms with E-state index in [-0.39, 0.29) is 5.91 Å². The molecule has 0 bridgehead atoms. The van der Waals surface area contributed by atoms with Crippen LogP contribution in [-0.2, 0) is 4.79 Å². The molecule has 1 aliphatic rings. The summed E-state index contributed by atoms with van der Waals surface area (Å²) in [6.45, 7) is 2.48. The summed E-state index contributed by atoms with van der Waals surface area (Å²) in [6.07, 6.45) is 1.80. The molecule has 0 saturated carbocycles. The Hall–Kier alpha value is -1.20. The first-order chi connectivity index (χ1) is 8.11. The maximum absolute atomic E-state index is 11.9. The Morgan fingerprint density at radius 3 is 2.59 bits per heavy atom. The number of halogens is 1. The van der Waals surface area contributed by atoms with Crippen molar-refractivity contribution in [2.75, 3.05) is 6.54 Å². The van der Waals surface area contributed by atoms with Gasteiger partial charge in [0.2, 0.25) is 0 Å². The van der Waals surface area contributed by atoms with Crippen molar-refractivity contribution in [2.45, 2.75) is 6.92 Å². The first-order valence-corrected chi connectivity index (χ1v) is 6.42. The molecule has 17 heavy (non-hydrogen) atoms. The van der Waals surface area contributed by atoms with Crippen molar-refractivity contribution in [2.24, 2.45) is 0 Å². The minimum Gasteiger partial charge on any atom is -0.328 e. The van der Waals surface area contributed by atoms with Gasteiger partial charge in [-0.3, -0.25) is 9.69 Å². The van der Waals surface area contributed by atoms with E-state index in [1.54, 1.807) is 11.0 Å². The molecule has 0 radical (unpaired) electrons. The van der Waals surface area contributed by atoms with E-state index in [9.17, 15) is 4.79 Å². The van der Waals surface area contributed by atoms with E-state index in [0.717, 1.165) is 10.0 Å². The highest BCUT2D eigenvalue weighted by Crippen LogP contribution is 2.16. The van der Waals surface area contributed by atoms with Crippen molar-refractivity contribution in [1.29, 1.82) is 0 Å². The molecule has 1 amide bonds. The second-order valence-corrected chi connectivity index (χ2v) is 4.89. The molecular weight excluding hydrogens is 300 g/mol. The fourth-order valence-corrected chi connectivity index (χ4v) is 2.17. The minimum absolute atomic E-state index is 0.0691. The van der Waals surface area contributed by atoms with Crippen LogP contribution < -0.4 is 5.32 Å². The summed E-state index contributed by atoms with van der Waals surface area (Å²) < 4.78 is 1.01. The number of rotatable bonds is 2. The molecule has 0 aliphatic carbocycles. The van der Waals surface area contributed by atoms with Gasteiger partial charge in [-0.05, 0) is 42.9 Å². The number of benzene rings is 1. The quantitative estimate of drug-likeness (QED) is 0.673. The Morgan fingerprint density at radius 1 is 1.41 bits per heavy atom. The van der Waals surface area contributed by atoms with Gasteiger partial charge in [-0.1, -0.05) is 28.1 Å². The predicted octanol–water partition coefficient (Wildman–Crippen LogP) is 2.53. The molecular formula is C12H11BrN2OS. The van der Waals surface area contributed by atoms with Gasteiger partial charge >= 0.3 is 0 Å². The SMILES string of the molecule is CCN1C(=O)C(=Cc2ccc(Br)cc2)NC1=S. The van der Waals surface area contributed by atoms with Crippen molar-refractivity contribution in [3.8, 4) is 0 Å². The molecule has 0 spiro atoms. The van der Waals surface area contributed by atoms with E-state index in [0.29, 0.717) is 17.4 Å². The lowest BCUT2D eigenvalue weighted by molar-refractivity contribution is -0.122. The van der Waals surface area contributed by atoms with Crippen LogP contribution in [0.2, 0.25) is 0 Å². The van der Waals surface area contributed by atoms with Crippen molar-refractivity contribution < 1.29 is 4.79 Å². The molecule has 5 heteroatoms. The van der Waals surface area contributed by atoms with E-state index >= 15 is 0 Å². The highest BCUT2D eigenvalue weighted by molar-refractivity contribution is 9.10. The predicted molar refractivity (Wildman–Crippen MR) is 75.2 cm³/mol. The normalized spacial score (nSPS) is 17.8. The van der Waals surface area contributed by atoms with Gasteiger partial charge in [0.15, 0.2) is 5.11 Å². The zero-order chi connectivity index (χ0) is 12.4. The first kappa shape index (κ1) is 12.3. The lowest BCUT2D eigenvalue weighted by Gasteiger charge is -2.08. The Bertz CT molecular complexity index is 496. The van der Waals surface area contributed by atoms with Crippen LogP contribution in [0.3, 0.4) is 0 Å². The number of thiocarbonyl (C=S) groups is 1. The van der Waals surface area contributed by atoms with Gasteiger partial charge in [0.25, 0.3) is 5.91 Å². The van der Waals surface area contributed by atoms with Gasteiger partial charge in [-0.25, -0.2) is 0 Å². The number of likely N-dealkylation sites (N-methyl/N-ethyl adjacent to an activating group) is 1. The van der Waals surface area contributed by atoms with Gasteiger partial charge in [0, 0.05) is 11.0 Å². The Balaban J connectivity index is 2.27. The summed E-state index contributed by atoms with van der Waals surface area (Å²) >= 11 is 8.44. The maximum Gasteiger partial charge on any atom is 0.276 e. The summed E-state index contributed by atoms with van der Waals surface area (Å²) in [5, 5.41) is 3.40. The molecule has 0 aromatic heterocycles. The van der Waals surface area contributed by atoms with Crippen LogP contribution in [0.5, 0.6) is 0 Å². The van der Waals surface area contributed by atoms with Crippen molar-refractivity contribution in [3.05, 3.63) is 40.0 Å². The fraction of sp³-hybridized carbons (Fsp3) is 0.167. The standard InChI is InChI=1S/C12H11BrN2OS/c1-2-15-11(16)10(14-12(15)17)7-8-3-5-9(13)6-4-8/h3-7H,2H2,1H3,(H,14,17). The van der Waals surface area contributed by atoms with E-state index < -0.39 is 0 Å². The molecule has 88 valence electrons. The van der Waals surface area contributed by atoms with Gasteiger partial charge in [0.1, 0.15) is 5.70 Å². The van der Waals surface area contributed by atoms with E-state index in [2.05, 4.69) is 21.2 Å². The Labute approximate surface area is 114 Å². The lowest BCUT2D eigenvalue weighted by atomic mass is 10.2. The molecule has 0 atom stereocenters. The summed E-state index contributed by atoms with van der Waals surface area (Å²) in [4.78, 5) is 13.5. The number of carbonyl (C=O) groups excluding carboxylic acids is 1. The number of nitrogens with one attached hydrogen (secondary N) is 1. The van der Waals surface area contributed by atoms with E-state index in [1.165, 1.54) is 0 Å². The second-order valence-electron chi connectivity index (χ2n) is 3.59. The topological polar surface area (TPSA) is 32.3 Å². The largest absolute Gasteiger partial charge is 0.328 e. The molecule has 1 fully saturated rings. The molecule has 2 rings (SSSR count). The van der Waals surface area contributed by atoms with E-state index in [1.807, 2.05) is 31.2 Å². The minimum atomic E-state index is -0.0691. The third-order valence-corrected chi connectivity index (χ3v) is 3.31. The van der Waals surface area contributed by atoms with Crippen molar-refractivity contribution in [3.63, 3.8) is 0 Å².